The van der Waals surface area contributed by atoms with Crippen LogP contribution in [-0.2, 0) is 6.18 Å². The Labute approximate surface area is 146 Å². The number of nitro groups is 1. The molecule has 0 radical (unpaired) electrons. The van der Waals surface area contributed by atoms with E-state index in [1.54, 1.807) is 0 Å². The number of nitrogens with zero attached hydrogens (tertiary/aromatic N) is 3. The molecule has 0 bridgehead atoms. The Kier molecular flexibility index (Phi) is 4.66. The van der Waals surface area contributed by atoms with Crippen LogP contribution in [0.1, 0.15) is 41.7 Å². The number of benzene rings is 1. The molecule has 26 heavy (non-hydrogen) atoms. The van der Waals surface area contributed by atoms with Crippen molar-refractivity contribution in [3.8, 4) is 5.69 Å². The number of non-ortho nitro benzene ring substituents is 1. The van der Waals surface area contributed by atoms with E-state index in [2.05, 4.69) is 10.4 Å². The predicted molar refractivity (Wildman–Crippen MR) is 84.9 cm³/mol. The predicted octanol–water partition coefficient (Wildman–Crippen LogP) is 3.47. The van der Waals surface area contributed by atoms with Crippen LogP contribution >= 0.6 is 0 Å². The van der Waals surface area contributed by atoms with Crippen LogP contribution in [0.4, 0.5) is 18.9 Å². The van der Waals surface area contributed by atoms with Crippen molar-refractivity contribution >= 4 is 11.6 Å². The maximum atomic E-state index is 13.6. The maximum Gasteiger partial charge on any atom is 0.434 e. The van der Waals surface area contributed by atoms with E-state index in [4.69, 9.17) is 0 Å². The smallest absolute Gasteiger partial charge is 0.349 e. The summed E-state index contributed by atoms with van der Waals surface area (Å²) in [6.45, 7) is 0. The lowest BCUT2D eigenvalue weighted by atomic mass is 10.2. The van der Waals surface area contributed by atoms with Gasteiger partial charge in [0.1, 0.15) is 0 Å². The lowest BCUT2D eigenvalue weighted by molar-refractivity contribution is -0.384. The fraction of sp³-hybridized carbons (Fsp3) is 0.375. The Balaban J connectivity index is 1.97. The lowest BCUT2D eigenvalue weighted by Gasteiger charge is -2.15. The van der Waals surface area contributed by atoms with Gasteiger partial charge in [-0.15, -0.1) is 0 Å². The van der Waals surface area contributed by atoms with Crippen LogP contribution in [0.25, 0.3) is 5.69 Å². The summed E-state index contributed by atoms with van der Waals surface area (Å²) in [6, 6.07) is 4.33. The molecule has 0 aliphatic heterocycles. The first-order chi connectivity index (χ1) is 12.3. The second kappa shape index (κ2) is 6.77. The third-order valence-corrected chi connectivity index (χ3v) is 4.28. The van der Waals surface area contributed by atoms with Gasteiger partial charge in [-0.2, -0.15) is 18.3 Å². The van der Waals surface area contributed by atoms with Crippen molar-refractivity contribution < 1.29 is 22.9 Å². The highest BCUT2D eigenvalue weighted by molar-refractivity contribution is 5.95. The van der Waals surface area contributed by atoms with Crippen molar-refractivity contribution in [1.29, 1.82) is 0 Å². The molecule has 1 aliphatic rings. The first kappa shape index (κ1) is 17.9. The Morgan fingerprint density at radius 2 is 1.85 bits per heavy atom. The zero-order valence-corrected chi connectivity index (χ0v) is 13.5. The quantitative estimate of drug-likeness (QED) is 0.661. The average molecular weight is 368 g/mol. The highest BCUT2D eigenvalue weighted by atomic mass is 19.4. The van der Waals surface area contributed by atoms with E-state index >= 15 is 0 Å². The second-order valence-corrected chi connectivity index (χ2v) is 6.04. The number of rotatable bonds is 4. The van der Waals surface area contributed by atoms with Crippen molar-refractivity contribution in [2.24, 2.45) is 0 Å². The van der Waals surface area contributed by atoms with E-state index in [9.17, 15) is 28.1 Å². The molecule has 1 N–H and O–H groups in total. The van der Waals surface area contributed by atoms with Crippen LogP contribution in [-0.4, -0.2) is 26.7 Å². The normalized spacial score (nSPS) is 15.2. The van der Waals surface area contributed by atoms with Gasteiger partial charge in [-0.3, -0.25) is 14.9 Å². The number of carbonyl (C=O) groups is 1. The van der Waals surface area contributed by atoms with Gasteiger partial charge in [0.25, 0.3) is 11.6 Å². The summed E-state index contributed by atoms with van der Waals surface area (Å²) in [5, 5.41) is 17.0. The third kappa shape index (κ3) is 3.53. The number of carbonyl (C=O) groups excluding carboxylic acids is 1. The molecule has 10 heteroatoms. The van der Waals surface area contributed by atoms with E-state index in [-0.39, 0.29) is 17.4 Å². The summed E-state index contributed by atoms with van der Waals surface area (Å²) >= 11 is 0. The minimum Gasteiger partial charge on any atom is -0.349 e. The SMILES string of the molecule is O=C(NC1CCCC1)c1cnn(-c2ccc([N+](=O)[O-])cc2)c1C(F)(F)F. The summed E-state index contributed by atoms with van der Waals surface area (Å²) in [6.07, 6.45) is -0.611. The van der Waals surface area contributed by atoms with Crippen molar-refractivity contribution in [1.82, 2.24) is 15.1 Å². The summed E-state index contributed by atoms with van der Waals surface area (Å²) < 4.78 is 41.3. The van der Waals surface area contributed by atoms with Gasteiger partial charge in [0.05, 0.1) is 22.4 Å². The van der Waals surface area contributed by atoms with Gasteiger partial charge in [-0.25, -0.2) is 4.68 Å². The molecule has 0 atom stereocenters. The highest BCUT2D eigenvalue weighted by Crippen LogP contribution is 2.34. The van der Waals surface area contributed by atoms with Gasteiger partial charge >= 0.3 is 6.18 Å². The van der Waals surface area contributed by atoms with Gasteiger partial charge in [0, 0.05) is 18.2 Å². The fourth-order valence-electron chi connectivity index (χ4n) is 3.03. The molecule has 2 aromatic rings. The molecule has 1 heterocycles. The van der Waals surface area contributed by atoms with E-state index < -0.39 is 28.3 Å². The zero-order chi connectivity index (χ0) is 18.9. The average Bonchev–Trinajstić information content (AvgIpc) is 3.23. The Morgan fingerprint density at radius 3 is 2.38 bits per heavy atom. The van der Waals surface area contributed by atoms with Crippen LogP contribution in [0.15, 0.2) is 30.5 Å². The molecule has 0 saturated heterocycles. The van der Waals surface area contributed by atoms with Crippen LogP contribution in [0.3, 0.4) is 0 Å². The van der Waals surface area contributed by atoms with E-state index in [0.29, 0.717) is 4.68 Å². The first-order valence-electron chi connectivity index (χ1n) is 7.98. The van der Waals surface area contributed by atoms with Crippen LogP contribution < -0.4 is 5.32 Å². The van der Waals surface area contributed by atoms with Gasteiger partial charge in [0.15, 0.2) is 5.69 Å². The molecular weight excluding hydrogens is 353 g/mol. The van der Waals surface area contributed by atoms with E-state index in [1.807, 2.05) is 0 Å². The lowest BCUT2D eigenvalue weighted by Crippen LogP contribution is -2.34. The monoisotopic (exact) mass is 368 g/mol. The number of aromatic nitrogens is 2. The molecule has 1 aliphatic carbocycles. The highest BCUT2D eigenvalue weighted by Gasteiger charge is 2.41. The molecule has 7 nitrogen and oxygen atoms in total. The summed E-state index contributed by atoms with van der Waals surface area (Å²) in [7, 11) is 0. The molecule has 1 saturated carbocycles. The molecule has 1 aromatic heterocycles. The minimum atomic E-state index is -4.82. The number of nitro benzene ring substituents is 1. The molecule has 1 amide bonds. The summed E-state index contributed by atoms with van der Waals surface area (Å²) in [4.78, 5) is 22.3. The molecule has 0 spiro atoms. The van der Waals surface area contributed by atoms with E-state index in [0.717, 1.165) is 56.1 Å². The van der Waals surface area contributed by atoms with Gasteiger partial charge in [0.2, 0.25) is 0 Å². The van der Waals surface area contributed by atoms with Gasteiger partial charge < -0.3 is 5.32 Å². The second-order valence-electron chi connectivity index (χ2n) is 6.04. The molecule has 3 rings (SSSR count). The number of alkyl halides is 3. The van der Waals surface area contributed by atoms with Crippen LogP contribution in [0.5, 0.6) is 0 Å². The zero-order valence-electron chi connectivity index (χ0n) is 13.5. The van der Waals surface area contributed by atoms with Crippen LogP contribution in [0.2, 0.25) is 0 Å². The number of nitrogens with one attached hydrogen (secondary N) is 1. The summed E-state index contributed by atoms with van der Waals surface area (Å²) in [5.41, 5.74) is -2.05. The Morgan fingerprint density at radius 1 is 1.23 bits per heavy atom. The van der Waals surface area contributed by atoms with Crippen LogP contribution in [0, 0.1) is 10.1 Å². The van der Waals surface area contributed by atoms with Crippen molar-refractivity contribution in [2.75, 3.05) is 0 Å². The Bertz CT molecular complexity index is 824. The number of hydrogen-bond acceptors (Lipinski definition) is 4. The molecule has 1 fully saturated rings. The largest absolute Gasteiger partial charge is 0.434 e. The fourth-order valence-corrected chi connectivity index (χ4v) is 3.03. The van der Waals surface area contributed by atoms with Gasteiger partial charge in [-0.05, 0) is 25.0 Å². The summed E-state index contributed by atoms with van der Waals surface area (Å²) in [5.74, 6) is -0.822. The number of halogens is 3. The van der Waals surface area contributed by atoms with Gasteiger partial charge in [-0.1, -0.05) is 12.8 Å². The Hall–Kier alpha value is -2.91. The third-order valence-electron chi connectivity index (χ3n) is 4.28. The standard InChI is InChI=1S/C16H15F3N4O3/c17-16(18,19)14-13(15(24)21-10-3-1-2-4-10)9-20-22(14)11-5-7-12(8-6-11)23(25)26/h5-10H,1-4H2,(H,21,24). The molecule has 138 valence electrons. The molecule has 0 unspecified atom stereocenters. The topological polar surface area (TPSA) is 90.1 Å². The first-order valence-corrected chi connectivity index (χ1v) is 7.98. The molecular formula is C16H15F3N4O3. The van der Waals surface area contributed by atoms with Crippen molar-refractivity contribution in [2.45, 2.75) is 37.9 Å². The number of hydrogen-bond donors (Lipinski definition) is 1. The number of amides is 1. The maximum absolute atomic E-state index is 13.6. The minimum absolute atomic E-state index is 0.0251. The molecule has 1 aromatic carbocycles. The van der Waals surface area contributed by atoms with Crippen molar-refractivity contribution in [3.63, 3.8) is 0 Å². The van der Waals surface area contributed by atoms with E-state index in [1.165, 1.54) is 0 Å². The van der Waals surface area contributed by atoms with Crippen molar-refractivity contribution in [3.05, 3.63) is 51.8 Å².